The summed E-state index contributed by atoms with van der Waals surface area (Å²) in [5.74, 6) is -1.54. The first-order valence-electron chi connectivity index (χ1n) is 41.3. The van der Waals surface area contributed by atoms with Gasteiger partial charge in [-0.3, -0.25) is 0 Å². The van der Waals surface area contributed by atoms with Crippen LogP contribution < -0.4 is 11.5 Å². The number of carbonyl (C=O) groups excluding carboxylic acids is 2. The van der Waals surface area contributed by atoms with Crippen LogP contribution in [0.3, 0.4) is 0 Å². The molecule has 12 nitrogen and oxygen atoms in total. The van der Waals surface area contributed by atoms with Crippen molar-refractivity contribution in [2.75, 3.05) is 27.3 Å². The van der Waals surface area contributed by atoms with Crippen molar-refractivity contribution in [3.8, 4) is 44.5 Å². The maximum atomic E-state index is 11.9. The Balaban J connectivity index is 0.000000120. The van der Waals surface area contributed by atoms with Crippen LogP contribution in [0, 0.1) is 0 Å². The Morgan fingerprint density at radius 3 is 0.958 bits per heavy atom. The van der Waals surface area contributed by atoms with E-state index in [0.29, 0.717) is 49.4 Å². The van der Waals surface area contributed by atoms with Gasteiger partial charge in [-0.05, 0) is 275 Å². The second kappa shape index (κ2) is 36.6. The van der Waals surface area contributed by atoms with Gasteiger partial charge < -0.3 is 44.7 Å². The van der Waals surface area contributed by atoms with Crippen molar-refractivity contribution in [2.45, 2.75) is 72.0 Å². The fraction of sp³-hybridized carbons (Fsp3) is 0.139. The standard InChI is InChI=1S/C30H27NO2.C29H26N2O2.C28H24N2O2.C21H19N/c1-3-7-27-20-31(19-21-8-6-11-26(16-21)30(32)33-2)29-15-14-25(18-28(27)29)24-13-12-22-9-4-5-10-23(22)17-24;1-33-29(32)25-8-4-5-20(15-25)18-31-19-26(13-14-30)27-17-24(11-12-28(27)31)23-10-9-21-6-2-3-7-22(21)16-23;29-13-12-25-18-30(17-19-4-3-7-24(14-19)28(31)32)27-11-10-23(16-26(25)27)22-9-8-20-5-1-2-6-21(20)15-22;1-2-5-19-14-22-21-11-10-18(13-20(19)21)17-9-8-15-6-3-4-7-16(15)12-17/h4-6,8-18,20H,3,7,19H2,1-2H3;2-12,15-17,19H,13-14,18,30H2,1H3;1-11,14-16,18H,12-13,17,29H2,(H,31,32);3-4,6-14,22H,2,5H2,1H3. The minimum atomic E-state index is -0.909. The van der Waals surface area contributed by atoms with Gasteiger partial charge >= 0.3 is 17.9 Å². The number of aryl methyl sites for hydroxylation is 2. The Morgan fingerprint density at radius 2 is 0.617 bits per heavy atom. The molecule has 19 rings (SSSR count). The maximum Gasteiger partial charge on any atom is 0.337 e. The van der Waals surface area contributed by atoms with E-state index in [4.69, 9.17) is 20.9 Å². The summed E-state index contributed by atoms with van der Waals surface area (Å²) in [7, 11) is 2.82. The lowest BCUT2D eigenvalue weighted by Crippen LogP contribution is -2.04. The number of hydrogen-bond acceptors (Lipinski definition) is 7. The molecule has 0 aliphatic rings. The number of nitrogens with one attached hydrogen (secondary N) is 1. The van der Waals surface area contributed by atoms with E-state index in [9.17, 15) is 19.5 Å². The summed E-state index contributed by atoms with van der Waals surface area (Å²) < 4.78 is 16.5. The molecule has 15 aromatic carbocycles. The van der Waals surface area contributed by atoms with Crippen molar-refractivity contribution in [1.29, 1.82) is 0 Å². The molecule has 12 heteroatoms. The normalized spacial score (nSPS) is 11.2. The Kier molecular flexibility index (Phi) is 24.3. The number of nitrogens with zero attached hydrogens (tertiary/aromatic N) is 3. The Morgan fingerprint density at radius 1 is 0.317 bits per heavy atom. The third-order valence-electron chi connectivity index (χ3n) is 22.8. The number of hydrogen-bond donors (Lipinski definition) is 4. The number of H-pyrrole nitrogens is 1. The molecule has 0 atom stereocenters. The monoisotopic (exact) mass is 1570 g/mol. The van der Waals surface area contributed by atoms with Crippen molar-refractivity contribution >= 4 is 105 Å². The van der Waals surface area contributed by atoms with Gasteiger partial charge in [-0.1, -0.05) is 233 Å². The number of fused-ring (bicyclic) bond motifs is 8. The number of ether oxygens (including phenoxy) is 2. The highest BCUT2D eigenvalue weighted by atomic mass is 16.5. The van der Waals surface area contributed by atoms with E-state index >= 15 is 0 Å². The fourth-order valence-electron chi connectivity index (χ4n) is 16.8. The van der Waals surface area contributed by atoms with E-state index in [1.807, 2.05) is 36.4 Å². The van der Waals surface area contributed by atoms with Gasteiger partial charge in [0.25, 0.3) is 0 Å². The van der Waals surface area contributed by atoms with Crippen LogP contribution >= 0.6 is 0 Å². The van der Waals surface area contributed by atoms with Gasteiger partial charge in [0.15, 0.2) is 0 Å². The molecule has 0 aliphatic heterocycles. The number of carbonyl (C=O) groups is 3. The zero-order valence-corrected chi connectivity index (χ0v) is 68.1. The first-order valence-corrected chi connectivity index (χ1v) is 41.3. The number of nitrogens with two attached hydrogens (primary N) is 2. The van der Waals surface area contributed by atoms with Gasteiger partial charge in [0.2, 0.25) is 0 Å². The first-order chi connectivity index (χ1) is 58.8. The lowest BCUT2D eigenvalue weighted by molar-refractivity contribution is 0.0591. The van der Waals surface area contributed by atoms with E-state index in [-0.39, 0.29) is 11.9 Å². The molecule has 4 aromatic heterocycles. The Bertz CT molecular complexity index is 6750. The molecule has 120 heavy (non-hydrogen) atoms. The van der Waals surface area contributed by atoms with Gasteiger partial charge in [0.05, 0.1) is 30.9 Å². The van der Waals surface area contributed by atoms with Crippen molar-refractivity contribution in [3.63, 3.8) is 0 Å². The van der Waals surface area contributed by atoms with Crippen molar-refractivity contribution < 1.29 is 29.0 Å². The zero-order chi connectivity index (χ0) is 82.6. The number of rotatable bonds is 21. The molecule has 4 heterocycles. The summed E-state index contributed by atoms with van der Waals surface area (Å²) in [5, 5.41) is 24.4. The number of aromatic amines is 1. The summed E-state index contributed by atoms with van der Waals surface area (Å²) >= 11 is 0. The summed E-state index contributed by atoms with van der Waals surface area (Å²) in [6.45, 7) is 7.60. The predicted molar refractivity (Wildman–Crippen MR) is 496 cm³/mol. The third-order valence-corrected chi connectivity index (χ3v) is 22.8. The van der Waals surface area contributed by atoms with E-state index in [1.165, 1.54) is 163 Å². The number of aromatic carboxylic acids is 1. The average Bonchev–Trinajstić information content (AvgIpc) is 1.63. The number of carboxylic acid groups (broad SMARTS) is 1. The van der Waals surface area contributed by atoms with Crippen LogP contribution in [-0.4, -0.2) is 69.0 Å². The van der Waals surface area contributed by atoms with Crippen LogP contribution in [-0.2, 0) is 54.8 Å². The van der Waals surface area contributed by atoms with E-state index in [1.54, 1.807) is 30.3 Å². The van der Waals surface area contributed by atoms with Crippen molar-refractivity contribution in [3.05, 3.63) is 396 Å². The molecule has 0 unspecified atom stereocenters. The molecule has 0 fully saturated rings. The second-order valence-corrected chi connectivity index (χ2v) is 30.8. The van der Waals surface area contributed by atoms with Gasteiger partial charge in [-0.2, -0.15) is 0 Å². The van der Waals surface area contributed by atoms with Crippen molar-refractivity contribution in [2.24, 2.45) is 11.5 Å². The highest BCUT2D eigenvalue weighted by Crippen LogP contribution is 2.37. The Labute approximate surface area is 699 Å². The van der Waals surface area contributed by atoms with Gasteiger partial charge in [-0.15, -0.1) is 0 Å². The Hall–Kier alpha value is -14.2. The largest absolute Gasteiger partial charge is 0.478 e. The minimum Gasteiger partial charge on any atom is -0.478 e. The minimum absolute atomic E-state index is 0.305. The number of aromatic nitrogens is 4. The smallest absolute Gasteiger partial charge is 0.337 e. The molecular weight excluding hydrogens is 1480 g/mol. The molecular formula is C108H96N6O6. The summed E-state index contributed by atoms with van der Waals surface area (Å²) in [4.78, 5) is 38.6. The van der Waals surface area contributed by atoms with Crippen LogP contribution in [0.25, 0.3) is 131 Å². The number of esters is 2. The zero-order valence-electron chi connectivity index (χ0n) is 68.1. The summed E-state index contributed by atoms with van der Waals surface area (Å²) in [6.07, 6.45) is 14.8. The topological polar surface area (TPSA) is 173 Å². The lowest BCUT2D eigenvalue weighted by atomic mass is 9.99. The average molecular weight is 1570 g/mol. The summed E-state index contributed by atoms with van der Waals surface area (Å²) in [5.41, 5.74) is 36.1. The lowest BCUT2D eigenvalue weighted by Gasteiger charge is -2.09. The van der Waals surface area contributed by atoms with Crippen LogP contribution in [0.15, 0.2) is 340 Å². The van der Waals surface area contributed by atoms with Crippen LogP contribution in [0.1, 0.15) is 96.7 Å². The van der Waals surface area contributed by atoms with Crippen LogP contribution in [0.5, 0.6) is 0 Å². The van der Waals surface area contributed by atoms with Crippen LogP contribution in [0.4, 0.5) is 0 Å². The first kappa shape index (κ1) is 79.7. The molecule has 19 aromatic rings. The van der Waals surface area contributed by atoms with E-state index in [2.05, 4.69) is 306 Å². The molecule has 0 amide bonds. The predicted octanol–water partition coefficient (Wildman–Crippen LogP) is 24.7. The van der Waals surface area contributed by atoms with Gasteiger partial charge in [0, 0.05) is 88.0 Å². The van der Waals surface area contributed by atoms with Crippen molar-refractivity contribution in [1.82, 2.24) is 18.7 Å². The number of benzene rings is 15. The molecule has 0 aliphatic carbocycles. The number of carboxylic acids is 1. The highest BCUT2D eigenvalue weighted by molar-refractivity contribution is 5.98. The molecule has 0 radical (unpaired) electrons. The summed E-state index contributed by atoms with van der Waals surface area (Å²) in [6, 6.07) is 109. The van der Waals surface area contributed by atoms with E-state index < -0.39 is 5.97 Å². The molecule has 0 bridgehead atoms. The maximum absolute atomic E-state index is 11.9. The van der Waals surface area contributed by atoms with Gasteiger partial charge in [0.1, 0.15) is 0 Å². The molecule has 0 spiro atoms. The molecule has 6 N–H and O–H groups in total. The molecule has 0 saturated heterocycles. The quantitative estimate of drug-likeness (QED) is 0.0515. The second-order valence-electron chi connectivity index (χ2n) is 30.8. The number of methoxy groups -OCH3 is 2. The van der Waals surface area contributed by atoms with Crippen LogP contribution in [0.2, 0.25) is 0 Å². The van der Waals surface area contributed by atoms with E-state index in [0.717, 1.165) is 59.8 Å². The SMILES string of the molecule is CCCc1c[nH]c2ccc(-c3ccc4ccccc4c3)cc12.CCCc1cn(Cc2cccc(C(=O)OC)c2)c2ccc(-c3ccc4ccccc4c3)cc12.COC(=O)c1cccc(Cn2cc(CCN)c3cc(-c4ccc5ccccc5c4)ccc32)c1.NCCc1cn(Cc2cccc(C(=O)O)c2)c2ccc(-c3ccc4ccccc4c3)cc12. The fourth-order valence-corrected chi connectivity index (χ4v) is 16.8. The molecule has 0 saturated carbocycles. The molecule has 594 valence electrons. The van der Waals surface area contributed by atoms with Gasteiger partial charge in [-0.25, -0.2) is 14.4 Å². The highest BCUT2D eigenvalue weighted by Gasteiger charge is 2.18. The third kappa shape index (κ3) is 17.7.